The van der Waals surface area contributed by atoms with Gasteiger partial charge in [-0.1, -0.05) is 75.4 Å². The molecule has 5 aromatic rings. The lowest BCUT2D eigenvalue weighted by Gasteiger charge is -2.33. The first-order valence-electron chi connectivity index (χ1n) is 11.2. The Bertz CT molecular complexity index is 1560. The number of aromatic nitrogens is 3. The fraction of sp³-hybridized carbons (Fsp3) is 0.296. The van der Waals surface area contributed by atoms with Crippen LogP contribution >= 0.6 is 11.3 Å². The van der Waals surface area contributed by atoms with E-state index in [2.05, 4.69) is 26.8 Å². The molecule has 0 saturated carbocycles. The summed E-state index contributed by atoms with van der Waals surface area (Å²) >= 11 is 1.71. The molecule has 1 atom stereocenters. The highest BCUT2D eigenvalue weighted by atomic mass is 32.1. The van der Waals surface area contributed by atoms with Gasteiger partial charge in [-0.3, -0.25) is 4.79 Å². The lowest BCUT2D eigenvalue weighted by atomic mass is 9.72. The minimum Gasteiger partial charge on any atom is -0.267 e. The van der Waals surface area contributed by atoms with Crippen LogP contribution in [0.2, 0.25) is 0 Å². The maximum Gasteiger partial charge on any atom is 0.283 e. The van der Waals surface area contributed by atoms with Gasteiger partial charge in [0.05, 0.1) is 11.1 Å². The van der Waals surface area contributed by atoms with Crippen molar-refractivity contribution in [2.24, 2.45) is 11.3 Å². The molecule has 0 bridgehead atoms. The van der Waals surface area contributed by atoms with Gasteiger partial charge in [-0.15, -0.1) is 11.3 Å². The summed E-state index contributed by atoms with van der Waals surface area (Å²) in [5, 5.41) is 7.60. The molecule has 0 N–H and O–H groups in total. The molecule has 1 aliphatic rings. The van der Waals surface area contributed by atoms with Crippen LogP contribution in [0.4, 0.5) is 0 Å². The predicted octanol–water partition coefficient (Wildman–Crippen LogP) is 6.28. The predicted molar refractivity (Wildman–Crippen MR) is 133 cm³/mol. The van der Waals surface area contributed by atoms with Gasteiger partial charge < -0.3 is 0 Å². The SMILES string of the molecule is CC(C)(C)[C@H]1CCc2c(sc3nc4c5ccccc5c(-c5ccccc5)nn4c(=O)c23)C1. The molecule has 32 heavy (non-hydrogen) atoms. The number of aryl methyl sites for hydroxylation is 1. The van der Waals surface area contributed by atoms with Crippen LogP contribution in [-0.4, -0.2) is 14.6 Å². The Labute approximate surface area is 190 Å². The molecular formula is C27H25N3OS. The van der Waals surface area contributed by atoms with Crippen molar-refractivity contribution in [3.05, 3.63) is 75.4 Å². The Morgan fingerprint density at radius 3 is 2.47 bits per heavy atom. The fourth-order valence-corrected chi connectivity index (χ4v) is 6.36. The van der Waals surface area contributed by atoms with Crippen molar-refractivity contribution in [3.63, 3.8) is 0 Å². The molecule has 0 aliphatic heterocycles. The van der Waals surface area contributed by atoms with Gasteiger partial charge in [-0.2, -0.15) is 9.61 Å². The highest BCUT2D eigenvalue weighted by Gasteiger charge is 2.32. The molecule has 1 aliphatic carbocycles. The van der Waals surface area contributed by atoms with Crippen LogP contribution in [0.1, 0.15) is 37.6 Å². The molecule has 6 rings (SSSR count). The number of fused-ring (bicyclic) bond motifs is 6. The van der Waals surface area contributed by atoms with Gasteiger partial charge in [0.25, 0.3) is 5.56 Å². The van der Waals surface area contributed by atoms with Crippen molar-refractivity contribution in [3.8, 4) is 11.3 Å². The monoisotopic (exact) mass is 439 g/mol. The number of hydrogen-bond acceptors (Lipinski definition) is 4. The molecule has 0 amide bonds. The molecule has 160 valence electrons. The average Bonchev–Trinajstić information content (AvgIpc) is 3.17. The normalized spacial score (nSPS) is 16.7. The van der Waals surface area contributed by atoms with Gasteiger partial charge >= 0.3 is 0 Å². The van der Waals surface area contributed by atoms with Gasteiger partial charge in [-0.25, -0.2) is 4.98 Å². The Kier molecular flexibility index (Phi) is 4.28. The Morgan fingerprint density at radius 1 is 1.00 bits per heavy atom. The quantitative estimate of drug-likeness (QED) is 0.289. The third-order valence-electron chi connectivity index (χ3n) is 6.96. The van der Waals surface area contributed by atoms with Gasteiger partial charge in [0.15, 0.2) is 5.65 Å². The van der Waals surface area contributed by atoms with Crippen LogP contribution in [0.15, 0.2) is 59.4 Å². The second kappa shape index (κ2) is 6.97. The van der Waals surface area contributed by atoms with Gasteiger partial charge in [0.2, 0.25) is 0 Å². The minimum atomic E-state index is -0.0420. The van der Waals surface area contributed by atoms with E-state index in [1.54, 1.807) is 11.3 Å². The lowest BCUT2D eigenvalue weighted by Crippen LogP contribution is -2.26. The molecule has 0 saturated heterocycles. The molecule has 4 nitrogen and oxygen atoms in total. The number of hydrogen-bond donors (Lipinski definition) is 0. The first-order valence-corrected chi connectivity index (χ1v) is 12.0. The zero-order valence-corrected chi connectivity index (χ0v) is 19.4. The summed E-state index contributed by atoms with van der Waals surface area (Å²) in [5.41, 5.74) is 3.88. The average molecular weight is 440 g/mol. The second-order valence-electron chi connectivity index (χ2n) is 9.90. The van der Waals surface area contributed by atoms with E-state index >= 15 is 0 Å². The molecule has 0 unspecified atom stereocenters. The minimum absolute atomic E-state index is 0.0420. The van der Waals surface area contributed by atoms with E-state index in [0.717, 1.165) is 51.5 Å². The van der Waals surface area contributed by atoms with Crippen molar-refractivity contribution in [2.75, 3.05) is 0 Å². The van der Waals surface area contributed by atoms with Crippen molar-refractivity contribution in [2.45, 2.75) is 40.0 Å². The smallest absolute Gasteiger partial charge is 0.267 e. The van der Waals surface area contributed by atoms with Crippen molar-refractivity contribution >= 4 is 38.0 Å². The van der Waals surface area contributed by atoms with E-state index in [1.165, 1.54) is 15.0 Å². The summed E-state index contributed by atoms with van der Waals surface area (Å²) in [6, 6.07) is 18.2. The molecule has 0 radical (unpaired) electrons. The Morgan fingerprint density at radius 2 is 1.72 bits per heavy atom. The Hall–Kier alpha value is -3.05. The number of thiophene rings is 1. The summed E-state index contributed by atoms with van der Waals surface area (Å²) in [4.78, 5) is 21.0. The van der Waals surface area contributed by atoms with Crippen LogP contribution in [0.5, 0.6) is 0 Å². The summed E-state index contributed by atoms with van der Waals surface area (Å²) in [6.45, 7) is 6.95. The van der Waals surface area contributed by atoms with E-state index in [-0.39, 0.29) is 11.0 Å². The Balaban J connectivity index is 1.67. The first kappa shape index (κ1) is 19.6. The topological polar surface area (TPSA) is 47.3 Å². The number of nitrogens with zero attached hydrogens (tertiary/aromatic N) is 3. The van der Waals surface area contributed by atoms with Crippen molar-refractivity contribution in [1.82, 2.24) is 14.6 Å². The number of rotatable bonds is 1. The molecule has 3 heterocycles. The zero-order valence-electron chi connectivity index (χ0n) is 18.6. The van der Waals surface area contributed by atoms with Crippen molar-refractivity contribution in [1.29, 1.82) is 0 Å². The largest absolute Gasteiger partial charge is 0.283 e. The van der Waals surface area contributed by atoms with Crippen LogP contribution in [0.25, 0.3) is 37.9 Å². The van der Waals surface area contributed by atoms with Crippen LogP contribution in [0, 0.1) is 11.3 Å². The summed E-state index contributed by atoms with van der Waals surface area (Å²) in [5.74, 6) is 0.629. The molecule has 2 aromatic carbocycles. The van der Waals surface area contributed by atoms with E-state index in [9.17, 15) is 4.79 Å². The van der Waals surface area contributed by atoms with Gasteiger partial charge in [-0.05, 0) is 36.2 Å². The van der Waals surface area contributed by atoms with Gasteiger partial charge in [0.1, 0.15) is 4.83 Å². The molecular weight excluding hydrogens is 414 g/mol. The van der Waals surface area contributed by atoms with Crippen LogP contribution in [0.3, 0.4) is 0 Å². The van der Waals surface area contributed by atoms with E-state index < -0.39 is 0 Å². The van der Waals surface area contributed by atoms with Crippen molar-refractivity contribution < 1.29 is 0 Å². The summed E-state index contributed by atoms with van der Waals surface area (Å²) < 4.78 is 1.54. The highest BCUT2D eigenvalue weighted by molar-refractivity contribution is 7.18. The molecule has 0 fully saturated rings. The molecule has 0 spiro atoms. The summed E-state index contributed by atoms with van der Waals surface area (Å²) in [7, 11) is 0. The van der Waals surface area contributed by atoms with E-state index in [0.29, 0.717) is 11.6 Å². The fourth-order valence-electron chi connectivity index (χ4n) is 5.07. The number of benzene rings is 2. The maximum atomic E-state index is 13.8. The third-order valence-corrected chi connectivity index (χ3v) is 8.10. The molecule has 5 heteroatoms. The van der Waals surface area contributed by atoms with E-state index in [1.807, 2.05) is 48.5 Å². The third kappa shape index (κ3) is 2.91. The van der Waals surface area contributed by atoms with Crippen LogP contribution in [-0.2, 0) is 12.8 Å². The maximum absolute atomic E-state index is 13.8. The summed E-state index contributed by atoms with van der Waals surface area (Å²) in [6.07, 6.45) is 3.09. The highest BCUT2D eigenvalue weighted by Crippen LogP contribution is 2.42. The zero-order chi connectivity index (χ0) is 22.0. The molecule has 3 aromatic heterocycles. The first-order chi connectivity index (χ1) is 15.4. The second-order valence-corrected chi connectivity index (χ2v) is 11.0. The van der Waals surface area contributed by atoms with Crippen LogP contribution < -0.4 is 5.56 Å². The van der Waals surface area contributed by atoms with Gasteiger partial charge in [0, 0.05) is 21.2 Å². The van der Waals surface area contributed by atoms with E-state index in [4.69, 9.17) is 10.1 Å². The lowest BCUT2D eigenvalue weighted by molar-refractivity contribution is 0.218. The standard InChI is InChI=1S/C27H25N3OS/c1-27(2,3)17-13-14-20-21(15-17)32-25-22(20)26(31)30-24(28-25)19-12-8-7-11-18(19)23(29-30)16-9-5-4-6-10-16/h4-12,17H,13-15H2,1-3H3/t17-/m0/s1.